The predicted octanol–water partition coefficient (Wildman–Crippen LogP) is 14.9. The van der Waals surface area contributed by atoms with Gasteiger partial charge in [-0.1, -0.05) is 176 Å². The maximum atomic E-state index is 2.42. The van der Waals surface area contributed by atoms with E-state index in [1.54, 1.807) is 0 Å². The lowest BCUT2D eigenvalue weighted by atomic mass is 9.85. The SMILES string of the molecule is c1ccc(-c2cccc(-c3ccc4c(c3)c3ccccc3n4-c3ccc(-c4c5ccccc5c(-c5cccc6ccccc56)c5ccccc45)cc3)c2)cc1. The van der Waals surface area contributed by atoms with E-state index in [-0.39, 0.29) is 0 Å². The Balaban J connectivity index is 1.06. The third kappa shape index (κ3) is 5.09. The van der Waals surface area contributed by atoms with Crippen molar-refractivity contribution in [1.82, 2.24) is 4.57 Å². The van der Waals surface area contributed by atoms with Crippen molar-refractivity contribution in [1.29, 1.82) is 0 Å². The molecule has 1 heteroatoms. The molecule has 1 aromatic heterocycles. The number of nitrogens with zero attached hydrogens (tertiary/aromatic N) is 1. The summed E-state index contributed by atoms with van der Waals surface area (Å²) in [7, 11) is 0. The zero-order valence-electron chi connectivity index (χ0n) is 30.2. The van der Waals surface area contributed by atoms with Gasteiger partial charge in [0.05, 0.1) is 11.0 Å². The zero-order valence-corrected chi connectivity index (χ0v) is 30.2. The Bertz CT molecular complexity index is 3180. The number of para-hydroxylation sites is 1. The molecule has 11 rings (SSSR count). The molecule has 55 heavy (non-hydrogen) atoms. The Hall–Kier alpha value is -7.22. The van der Waals surface area contributed by atoms with Gasteiger partial charge in [-0.2, -0.15) is 0 Å². The second-order valence-corrected chi connectivity index (χ2v) is 14.4. The molecule has 0 aliphatic rings. The molecular formula is C54H35N. The van der Waals surface area contributed by atoms with Gasteiger partial charge in [-0.3, -0.25) is 0 Å². The van der Waals surface area contributed by atoms with Gasteiger partial charge in [0.15, 0.2) is 0 Å². The molecule has 256 valence electrons. The molecule has 0 bridgehead atoms. The van der Waals surface area contributed by atoms with Crippen LogP contribution in [0.4, 0.5) is 0 Å². The first-order valence-corrected chi connectivity index (χ1v) is 19.0. The van der Waals surface area contributed by atoms with Gasteiger partial charge in [-0.25, -0.2) is 0 Å². The van der Waals surface area contributed by atoms with Gasteiger partial charge < -0.3 is 4.57 Å². The maximum Gasteiger partial charge on any atom is 0.0541 e. The summed E-state index contributed by atoms with van der Waals surface area (Å²) < 4.78 is 2.42. The van der Waals surface area contributed by atoms with Crippen LogP contribution in [0.15, 0.2) is 212 Å². The van der Waals surface area contributed by atoms with Crippen LogP contribution >= 0.6 is 0 Å². The fourth-order valence-electron chi connectivity index (χ4n) is 8.89. The number of fused-ring (bicyclic) bond motifs is 6. The zero-order chi connectivity index (χ0) is 36.3. The van der Waals surface area contributed by atoms with Gasteiger partial charge in [0.1, 0.15) is 0 Å². The maximum absolute atomic E-state index is 2.42. The van der Waals surface area contributed by atoms with E-state index in [4.69, 9.17) is 0 Å². The molecule has 1 nitrogen and oxygen atoms in total. The van der Waals surface area contributed by atoms with Gasteiger partial charge in [-0.05, 0) is 113 Å². The summed E-state index contributed by atoms with van der Waals surface area (Å²) in [5, 5.41) is 10.1. The van der Waals surface area contributed by atoms with E-state index in [2.05, 4.69) is 217 Å². The molecule has 1 heterocycles. The summed E-state index contributed by atoms with van der Waals surface area (Å²) in [5.74, 6) is 0. The monoisotopic (exact) mass is 697 g/mol. The van der Waals surface area contributed by atoms with Gasteiger partial charge in [0, 0.05) is 16.5 Å². The molecule has 11 aromatic rings. The van der Waals surface area contributed by atoms with Crippen LogP contribution in [0.1, 0.15) is 0 Å². The van der Waals surface area contributed by atoms with Crippen molar-refractivity contribution in [3.8, 4) is 50.2 Å². The van der Waals surface area contributed by atoms with Crippen molar-refractivity contribution in [2.24, 2.45) is 0 Å². The van der Waals surface area contributed by atoms with Crippen LogP contribution in [-0.4, -0.2) is 4.57 Å². The van der Waals surface area contributed by atoms with Crippen molar-refractivity contribution in [3.63, 3.8) is 0 Å². The molecule has 0 aliphatic heterocycles. The summed E-state index contributed by atoms with van der Waals surface area (Å²) in [6.07, 6.45) is 0. The number of hydrogen-bond acceptors (Lipinski definition) is 0. The first kappa shape index (κ1) is 31.3. The lowest BCUT2D eigenvalue weighted by molar-refractivity contribution is 1.18. The minimum atomic E-state index is 1.15. The topological polar surface area (TPSA) is 4.93 Å². The average Bonchev–Trinajstić information content (AvgIpc) is 3.59. The Morgan fingerprint density at radius 3 is 1.47 bits per heavy atom. The Labute approximate surface area is 320 Å². The second-order valence-electron chi connectivity index (χ2n) is 14.4. The van der Waals surface area contributed by atoms with Crippen LogP contribution in [0.25, 0.3) is 104 Å². The third-order valence-electron chi connectivity index (χ3n) is 11.4. The highest BCUT2D eigenvalue weighted by Gasteiger charge is 2.19. The van der Waals surface area contributed by atoms with E-state index in [1.807, 2.05) is 0 Å². The Kier molecular flexibility index (Phi) is 7.25. The van der Waals surface area contributed by atoms with Gasteiger partial charge in [0.2, 0.25) is 0 Å². The molecule has 0 amide bonds. The minimum absolute atomic E-state index is 1.15. The van der Waals surface area contributed by atoms with E-state index >= 15 is 0 Å². The molecule has 0 spiro atoms. The molecular weight excluding hydrogens is 663 g/mol. The Morgan fingerprint density at radius 2 is 0.745 bits per heavy atom. The number of benzene rings is 10. The molecule has 10 aromatic carbocycles. The molecule has 0 aliphatic carbocycles. The predicted molar refractivity (Wildman–Crippen MR) is 235 cm³/mol. The van der Waals surface area contributed by atoms with Gasteiger partial charge in [-0.15, -0.1) is 0 Å². The number of rotatable bonds is 5. The first-order chi connectivity index (χ1) is 27.3. The first-order valence-electron chi connectivity index (χ1n) is 19.0. The molecule has 0 unspecified atom stereocenters. The van der Waals surface area contributed by atoms with Gasteiger partial charge >= 0.3 is 0 Å². The lowest BCUT2D eigenvalue weighted by Crippen LogP contribution is -1.95. The van der Waals surface area contributed by atoms with Crippen LogP contribution in [0.2, 0.25) is 0 Å². The summed E-state index contributed by atoms with van der Waals surface area (Å²) in [5.41, 5.74) is 13.5. The van der Waals surface area contributed by atoms with Crippen molar-refractivity contribution >= 4 is 54.1 Å². The van der Waals surface area contributed by atoms with Crippen molar-refractivity contribution in [2.45, 2.75) is 0 Å². The second kappa shape index (κ2) is 12.7. The van der Waals surface area contributed by atoms with E-state index in [0.29, 0.717) is 0 Å². The van der Waals surface area contributed by atoms with Crippen molar-refractivity contribution in [3.05, 3.63) is 212 Å². The fraction of sp³-hybridized carbons (Fsp3) is 0. The summed E-state index contributed by atoms with van der Waals surface area (Å²) in [6.45, 7) is 0. The van der Waals surface area contributed by atoms with E-state index in [9.17, 15) is 0 Å². The van der Waals surface area contributed by atoms with Crippen LogP contribution in [-0.2, 0) is 0 Å². The quantitative estimate of drug-likeness (QED) is 0.158. The number of hydrogen-bond donors (Lipinski definition) is 0. The van der Waals surface area contributed by atoms with E-state index in [1.165, 1.54) is 98.6 Å². The highest BCUT2D eigenvalue weighted by Crippen LogP contribution is 2.45. The minimum Gasteiger partial charge on any atom is -0.309 e. The summed E-state index contributed by atoms with van der Waals surface area (Å²) >= 11 is 0. The Morgan fingerprint density at radius 1 is 0.255 bits per heavy atom. The van der Waals surface area contributed by atoms with Gasteiger partial charge in [0.25, 0.3) is 0 Å². The molecule has 0 radical (unpaired) electrons. The fourth-order valence-corrected chi connectivity index (χ4v) is 8.89. The molecule has 0 atom stereocenters. The van der Waals surface area contributed by atoms with E-state index in [0.717, 1.165) is 5.69 Å². The van der Waals surface area contributed by atoms with Crippen LogP contribution in [0.3, 0.4) is 0 Å². The largest absolute Gasteiger partial charge is 0.309 e. The lowest BCUT2D eigenvalue weighted by Gasteiger charge is -2.19. The van der Waals surface area contributed by atoms with Crippen LogP contribution in [0.5, 0.6) is 0 Å². The normalized spacial score (nSPS) is 11.6. The highest BCUT2D eigenvalue weighted by molar-refractivity contribution is 6.23. The summed E-state index contributed by atoms with van der Waals surface area (Å²) in [6, 6.07) is 77.7. The average molecular weight is 698 g/mol. The molecule has 0 saturated carbocycles. The molecule has 0 saturated heterocycles. The van der Waals surface area contributed by atoms with Crippen LogP contribution < -0.4 is 0 Å². The van der Waals surface area contributed by atoms with E-state index < -0.39 is 0 Å². The van der Waals surface area contributed by atoms with Crippen molar-refractivity contribution < 1.29 is 0 Å². The van der Waals surface area contributed by atoms with Crippen LogP contribution in [0, 0.1) is 0 Å². The number of aromatic nitrogens is 1. The van der Waals surface area contributed by atoms with Crippen molar-refractivity contribution in [2.75, 3.05) is 0 Å². The molecule has 0 N–H and O–H groups in total. The summed E-state index contributed by atoms with van der Waals surface area (Å²) in [4.78, 5) is 0. The smallest absolute Gasteiger partial charge is 0.0541 e. The highest BCUT2D eigenvalue weighted by atomic mass is 15.0. The standard InChI is InChI=1S/C54H35N/c1-2-14-36(15-3-1)39-18-12-19-40(34-39)41-30-33-52-50(35-41)44-21-10-11-27-51(44)55(52)42-31-28-38(29-32-42)53-46-22-6-8-24-48(46)54(49-25-9-7-23-47(49)53)45-26-13-17-37-16-4-5-20-43(37)45/h1-35H. The third-order valence-corrected chi connectivity index (χ3v) is 11.4. The molecule has 0 fully saturated rings.